The maximum Gasteiger partial charge on any atom is 0.320 e. The van der Waals surface area contributed by atoms with Crippen LogP contribution in [-0.4, -0.2) is 27.8 Å². The van der Waals surface area contributed by atoms with Gasteiger partial charge >= 0.3 is 5.97 Å². The average molecular weight is 319 g/mol. The number of rotatable bonds is 3. The van der Waals surface area contributed by atoms with Crippen molar-refractivity contribution in [2.24, 2.45) is 0 Å². The lowest BCUT2D eigenvalue weighted by Crippen LogP contribution is -2.50. The van der Waals surface area contributed by atoms with Gasteiger partial charge in [0.1, 0.15) is 5.41 Å². The highest BCUT2D eigenvalue weighted by atomic mass is 16.4. The first kappa shape index (κ1) is 14.7. The molecule has 3 aromatic rings. The topological polar surface area (TPSA) is 78.0 Å². The standard InChI is InChI=1S/C19H17N3O2/c23-18(24)19(12-20-11-13-5-1-3-7-15(13)19)16-8-4-2-6-14(16)17-9-10-21-22-17/h1-10,20H,11-12H2,(H,21,22)(H,23,24). The first-order valence-corrected chi connectivity index (χ1v) is 7.85. The number of carboxylic acid groups (broad SMARTS) is 1. The normalized spacial score (nSPS) is 19.7. The van der Waals surface area contributed by atoms with Crippen molar-refractivity contribution in [3.63, 3.8) is 0 Å². The first-order valence-electron chi connectivity index (χ1n) is 7.85. The molecule has 5 nitrogen and oxygen atoms in total. The minimum absolute atomic E-state index is 0.352. The Bertz CT molecular complexity index is 889. The van der Waals surface area contributed by atoms with E-state index in [2.05, 4.69) is 15.5 Å². The zero-order valence-corrected chi connectivity index (χ0v) is 13.0. The molecular weight excluding hydrogens is 302 g/mol. The smallest absolute Gasteiger partial charge is 0.320 e. The van der Waals surface area contributed by atoms with Crippen LogP contribution < -0.4 is 5.32 Å². The van der Waals surface area contributed by atoms with Gasteiger partial charge in [0, 0.05) is 24.8 Å². The number of H-pyrrole nitrogens is 1. The molecule has 24 heavy (non-hydrogen) atoms. The van der Waals surface area contributed by atoms with Crippen LogP contribution in [-0.2, 0) is 16.8 Å². The van der Waals surface area contributed by atoms with Gasteiger partial charge in [0.15, 0.2) is 0 Å². The third kappa shape index (κ3) is 2.06. The van der Waals surface area contributed by atoms with Gasteiger partial charge in [-0.3, -0.25) is 9.89 Å². The van der Waals surface area contributed by atoms with Gasteiger partial charge < -0.3 is 10.4 Å². The number of hydrogen-bond donors (Lipinski definition) is 3. The van der Waals surface area contributed by atoms with Crippen LogP contribution >= 0.6 is 0 Å². The fraction of sp³-hybridized carbons (Fsp3) is 0.158. The van der Waals surface area contributed by atoms with Crippen molar-refractivity contribution in [2.45, 2.75) is 12.0 Å². The van der Waals surface area contributed by atoms with Crippen molar-refractivity contribution in [3.8, 4) is 11.3 Å². The van der Waals surface area contributed by atoms with Crippen LogP contribution in [0.5, 0.6) is 0 Å². The van der Waals surface area contributed by atoms with E-state index >= 15 is 0 Å². The molecule has 0 aliphatic carbocycles. The van der Waals surface area contributed by atoms with Gasteiger partial charge in [0.25, 0.3) is 0 Å². The number of aromatic amines is 1. The largest absolute Gasteiger partial charge is 0.480 e. The summed E-state index contributed by atoms with van der Waals surface area (Å²) in [5.41, 5.74) is 3.18. The van der Waals surface area contributed by atoms with Gasteiger partial charge in [-0.05, 0) is 22.8 Å². The minimum Gasteiger partial charge on any atom is -0.480 e. The summed E-state index contributed by atoms with van der Waals surface area (Å²) in [6.07, 6.45) is 1.67. The number of carboxylic acids is 1. The molecule has 2 heterocycles. The lowest BCUT2D eigenvalue weighted by atomic mass is 9.69. The SMILES string of the molecule is O=C(O)C1(c2ccccc2-c2ccn[nH]2)CNCc2ccccc21. The van der Waals surface area contributed by atoms with Crippen LogP contribution in [0.1, 0.15) is 16.7 Å². The third-order valence-electron chi connectivity index (χ3n) is 4.73. The Morgan fingerprint density at radius 1 is 1.04 bits per heavy atom. The van der Waals surface area contributed by atoms with Gasteiger partial charge in [-0.2, -0.15) is 5.10 Å². The summed E-state index contributed by atoms with van der Waals surface area (Å²) in [5.74, 6) is -0.853. The van der Waals surface area contributed by atoms with E-state index < -0.39 is 11.4 Å². The van der Waals surface area contributed by atoms with E-state index in [-0.39, 0.29) is 0 Å². The number of aromatic nitrogens is 2. The van der Waals surface area contributed by atoms with Crippen LogP contribution in [0.2, 0.25) is 0 Å². The minimum atomic E-state index is -1.13. The van der Waals surface area contributed by atoms with Gasteiger partial charge in [0.2, 0.25) is 0 Å². The second-order valence-corrected chi connectivity index (χ2v) is 5.99. The zero-order valence-electron chi connectivity index (χ0n) is 13.0. The van der Waals surface area contributed by atoms with Crippen molar-refractivity contribution in [1.29, 1.82) is 0 Å². The third-order valence-corrected chi connectivity index (χ3v) is 4.73. The summed E-state index contributed by atoms with van der Waals surface area (Å²) < 4.78 is 0. The van der Waals surface area contributed by atoms with Gasteiger partial charge in [-0.1, -0.05) is 48.5 Å². The Morgan fingerprint density at radius 3 is 2.54 bits per heavy atom. The summed E-state index contributed by atoms with van der Waals surface area (Å²) in [7, 11) is 0. The molecule has 1 unspecified atom stereocenters. The molecule has 5 heteroatoms. The molecular formula is C19H17N3O2. The Kier molecular flexibility index (Phi) is 3.43. The summed E-state index contributed by atoms with van der Waals surface area (Å²) in [4.78, 5) is 12.5. The number of benzene rings is 2. The summed E-state index contributed by atoms with van der Waals surface area (Å²) in [5, 5.41) is 20.5. The molecule has 0 saturated carbocycles. The van der Waals surface area contributed by atoms with E-state index in [1.54, 1.807) is 6.20 Å². The van der Waals surface area contributed by atoms with Crippen LogP contribution in [0.4, 0.5) is 0 Å². The monoisotopic (exact) mass is 319 g/mol. The molecule has 3 N–H and O–H groups in total. The maximum absolute atomic E-state index is 12.5. The molecule has 0 radical (unpaired) electrons. The predicted octanol–water partition coefficient (Wildman–Crippen LogP) is 2.55. The number of aliphatic carboxylic acids is 1. The number of fused-ring (bicyclic) bond motifs is 1. The van der Waals surface area contributed by atoms with E-state index in [9.17, 15) is 9.90 Å². The highest BCUT2D eigenvalue weighted by Gasteiger charge is 2.46. The van der Waals surface area contributed by atoms with Crippen LogP contribution in [0.15, 0.2) is 60.8 Å². The van der Waals surface area contributed by atoms with E-state index in [0.717, 1.165) is 27.9 Å². The van der Waals surface area contributed by atoms with Crippen LogP contribution in [0.25, 0.3) is 11.3 Å². The molecule has 0 saturated heterocycles. The summed E-state index contributed by atoms with van der Waals surface area (Å²) in [6.45, 7) is 1.03. The number of nitrogens with one attached hydrogen (secondary N) is 2. The van der Waals surface area contributed by atoms with Crippen molar-refractivity contribution in [1.82, 2.24) is 15.5 Å². The van der Waals surface area contributed by atoms with Crippen molar-refractivity contribution < 1.29 is 9.90 Å². The van der Waals surface area contributed by atoms with Gasteiger partial charge in [0.05, 0.1) is 5.69 Å². The quantitative estimate of drug-likeness (QED) is 0.693. The zero-order chi connectivity index (χ0) is 16.6. The number of hydrogen-bond acceptors (Lipinski definition) is 3. The second kappa shape index (κ2) is 5.62. The molecule has 2 aromatic carbocycles. The summed E-state index contributed by atoms with van der Waals surface area (Å²) >= 11 is 0. The molecule has 0 spiro atoms. The van der Waals surface area contributed by atoms with E-state index in [1.165, 1.54) is 0 Å². The fourth-order valence-electron chi connectivity index (χ4n) is 3.61. The molecule has 1 aliphatic heterocycles. The Balaban J connectivity index is 2.02. The lowest BCUT2D eigenvalue weighted by molar-refractivity contribution is -0.142. The van der Waals surface area contributed by atoms with Crippen molar-refractivity contribution in [3.05, 3.63) is 77.5 Å². The lowest BCUT2D eigenvalue weighted by Gasteiger charge is -2.37. The highest BCUT2D eigenvalue weighted by molar-refractivity contribution is 5.90. The second-order valence-electron chi connectivity index (χ2n) is 5.99. The molecule has 1 atom stereocenters. The highest BCUT2D eigenvalue weighted by Crippen LogP contribution is 2.41. The predicted molar refractivity (Wildman–Crippen MR) is 90.6 cm³/mol. The molecule has 1 aliphatic rings. The van der Waals surface area contributed by atoms with Crippen molar-refractivity contribution >= 4 is 5.97 Å². The number of carbonyl (C=O) groups is 1. The van der Waals surface area contributed by atoms with Crippen molar-refractivity contribution in [2.75, 3.05) is 6.54 Å². The maximum atomic E-state index is 12.5. The molecule has 1 aromatic heterocycles. The van der Waals surface area contributed by atoms with E-state index in [0.29, 0.717) is 13.1 Å². The summed E-state index contributed by atoms with van der Waals surface area (Å²) in [6, 6.07) is 17.2. The van der Waals surface area contributed by atoms with E-state index in [4.69, 9.17) is 0 Å². The van der Waals surface area contributed by atoms with E-state index in [1.807, 2.05) is 54.6 Å². The Labute approximate surface area is 139 Å². The Morgan fingerprint density at radius 2 is 1.79 bits per heavy atom. The van der Waals surface area contributed by atoms with Crippen LogP contribution in [0, 0.1) is 0 Å². The van der Waals surface area contributed by atoms with Gasteiger partial charge in [-0.25, -0.2) is 0 Å². The molecule has 120 valence electrons. The Hall–Kier alpha value is -2.92. The average Bonchev–Trinajstić information content (AvgIpc) is 3.15. The van der Waals surface area contributed by atoms with Gasteiger partial charge in [-0.15, -0.1) is 0 Å². The fourth-order valence-corrected chi connectivity index (χ4v) is 3.61. The number of nitrogens with zero attached hydrogens (tertiary/aromatic N) is 1. The first-order chi connectivity index (χ1) is 11.7. The molecule has 0 amide bonds. The molecule has 4 rings (SSSR count). The molecule has 0 fully saturated rings. The molecule has 0 bridgehead atoms. The van der Waals surface area contributed by atoms with Crippen LogP contribution in [0.3, 0.4) is 0 Å².